The molecule has 1 saturated heterocycles. The molecular weight excluding hydrogens is 287 g/mol. The molecule has 0 spiro atoms. The van der Waals surface area contributed by atoms with Gasteiger partial charge in [0, 0.05) is 13.1 Å². The molecule has 1 atom stereocenters. The molecule has 3 N–H and O–H groups in total. The molecule has 8 heteroatoms. The predicted molar refractivity (Wildman–Crippen MR) is 70.6 cm³/mol. The summed E-state index contributed by atoms with van der Waals surface area (Å²) in [6.07, 6.45) is -4.74. The number of hydrogen-bond donors (Lipinski definition) is 2. The van der Waals surface area contributed by atoms with E-state index in [4.69, 9.17) is 10.6 Å². The van der Waals surface area contributed by atoms with Gasteiger partial charge in [0.15, 0.2) is 0 Å². The Hall–Kier alpha value is -1.80. The molecular formula is C13H16F3N3O2. The number of nitrogens with zero attached hydrogens (tertiary/aromatic N) is 1. The Bertz CT molecular complexity index is 534. The largest absolute Gasteiger partial charge is 0.418 e. The number of halogens is 3. The van der Waals surface area contributed by atoms with Gasteiger partial charge in [0.05, 0.1) is 29.5 Å². The van der Waals surface area contributed by atoms with E-state index in [1.807, 2.05) is 5.43 Å². The number of ether oxygens (including phenoxy) is 1. The van der Waals surface area contributed by atoms with Crippen molar-refractivity contribution in [3.05, 3.63) is 29.3 Å². The molecule has 0 aromatic heterocycles. The molecule has 1 aromatic rings. The highest BCUT2D eigenvalue weighted by Crippen LogP contribution is 2.36. The van der Waals surface area contributed by atoms with Crippen LogP contribution in [0.5, 0.6) is 0 Å². The third-order valence-corrected chi connectivity index (χ3v) is 3.27. The molecule has 1 aromatic carbocycles. The Morgan fingerprint density at radius 2 is 2.19 bits per heavy atom. The second-order valence-electron chi connectivity index (χ2n) is 4.80. The van der Waals surface area contributed by atoms with Gasteiger partial charge in [-0.05, 0) is 19.1 Å². The Morgan fingerprint density at radius 3 is 2.76 bits per heavy atom. The molecule has 0 saturated carbocycles. The zero-order chi connectivity index (χ0) is 15.6. The number of hydrazine groups is 1. The van der Waals surface area contributed by atoms with E-state index < -0.39 is 23.3 Å². The van der Waals surface area contributed by atoms with Crippen molar-refractivity contribution in [2.75, 3.05) is 25.1 Å². The maximum Gasteiger partial charge on any atom is 0.418 e. The van der Waals surface area contributed by atoms with Crippen LogP contribution in [0.2, 0.25) is 0 Å². The Morgan fingerprint density at radius 1 is 1.48 bits per heavy atom. The van der Waals surface area contributed by atoms with Gasteiger partial charge < -0.3 is 15.1 Å². The maximum absolute atomic E-state index is 12.9. The van der Waals surface area contributed by atoms with Crippen molar-refractivity contribution in [3.8, 4) is 0 Å². The normalized spacial score (nSPS) is 19.5. The minimum Gasteiger partial charge on any atom is -0.375 e. The minimum absolute atomic E-state index is 0.0959. The first-order valence-electron chi connectivity index (χ1n) is 6.42. The lowest BCUT2D eigenvalue weighted by Gasteiger charge is -2.31. The van der Waals surface area contributed by atoms with Gasteiger partial charge in [0.1, 0.15) is 0 Å². The second kappa shape index (κ2) is 5.90. The lowest BCUT2D eigenvalue weighted by atomic mass is 10.0. The molecule has 1 amide bonds. The van der Waals surface area contributed by atoms with Crippen molar-refractivity contribution in [2.45, 2.75) is 19.2 Å². The van der Waals surface area contributed by atoms with Crippen LogP contribution in [0.15, 0.2) is 18.2 Å². The summed E-state index contributed by atoms with van der Waals surface area (Å²) in [6.45, 7) is 2.83. The second-order valence-corrected chi connectivity index (χ2v) is 4.80. The summed E-state index contributed by atoms with van der Waals surface area (Å²) < 4.78 is 44.1. The van der Waals surface area contributed by atoms with Gasteiger partial charge in [-0.25, -0.2) is 0 Å². The number of carbonyl (C=O) groups is 1. The third-order valence-electron chi connectivity index (χ3n) is 3.27. The van der Waals surface area contributed by atoms with Crippen LogP contribution >= 0.6 is 0 Å². The van der Waals surface area contributed by atoms with Gasteiger partial charge in [0.2, 0.25) is 0 Å². The Kier molecular flexibility index (Phi) is 4.38. The molecule has 116 valence electrons. The first kappa shape index (κ1) is 15.6. The van der Waals surface area contributed by atoms with Crippen LogP contribution in [0.25, 0.3) is 0 Å². The number of para-hydroxylation sites is 1. The number of benzene rings is 1. The van der Waals surface area contributed by atoms with E-state index in [-0.39, 0.29) is 11.7 Å². The molecule has 1 fully saturated rings. The highest BCUT2D eigenvalue weighted by molar-refractivity contribution is 6.00. The Labute approximate surface area is 119 Å². The highest BCUT2D eigenvalue weighted by Gasteiger charge is 2.36. The predicted octanol–water partition coefficient (Wildman–Crippen LogP) is 1.85. The monoisotopic (exact) mass is 303 g/mol. The summed E-state index contributed by atoms with van der Waals surface area (Å²) in [5.41, 5.74) is 0.538. The molecule has 0 radical (unpaired) electrons. The number of rotatable bonds is 2. The van der Waals surface area contributed by atoms with Crippen LogP contribution in [0.4, 0.5) is 18.9 Å². The van der Waals surface area contributed by atoms with Crippen LogP contribution in [0, 0.1) is 0 Å². The summed E-state index contributed by atoms with van der Waals surface area (Å²) in [4.78, 5) is 13.9. The standard InChI is InChI=1S/C13H16F3N3O2/c1-8-7-19(5-6-21-8)12(20)9-3-2-4-10(11(9)18-17)13(14,15)16/h2-4,8,18H,5-7,17H2,1H3. The molecule has 1 aliphatic heterocycles. The van der Waals surface area contributed by atoms with E-state index in [9.17, 15) is 18.0 Å². The van der Waals surface area contributed by atoms with Crippen molar-refractivity contribution in [1.82, 2.24) is 4.90 Å². The summed E-state index contributed by atoms with van der Waals surface area (Å²) >= 11 is 0. The summed E-state index contributed by atoms with van der Waals surface area (Å²) in [7, 11) is 0. The van der Waals surface area contributed by atoms with E-state index in [1.165, 1.54) is 17.0 Å². The van der Waals surface area contributed by atoms with Gasteiger partial charge in [-0.1, -0.05) is 6.07 Å². The van der Waals surface area contributed by atoms with Crippen LogP contribution < -0.4 is 11.3 Å². The van der Waals surface area contributed by atoms with Gasteiger partial charge in [0.25, 0.3) is 5.91 Å². The van der Waals surface area contributed by atoms with Crippen LogP contribution in [-0.2, 0) is 10.9 Å². The fraction of sp³-hybridized carbons (Fsp3) is 0.462. The molecule has 21 heavy (non-hydrogen) atoms. The number of alkyl halides is 3. The third kappa shape index (κ3) is 3.27. The van der Waals surface area contributed by atoms with E-state index in [2.05, 4.69) is 0 Å². The molecule has 1 unspecified atom stereocenters. The number of nitrogen functional groups attached to an aromatic ring is 1. The maximum atomic E-state index is 12.9. The highest BCUT2D eigenvalue weighted by atomic mass is 19.4. The van der Waals surface area contributed by atoms with Crippen LogP contribution in [0.1, 0.15) is 22.8 Å². The van der Waals surface area contributed by atoms with Crippen molar-refractivity contribution in [2.24, 2.45) is 5.84 Å². The first-order chi connectivity index (χ1) is 9.84. The number of anilines is 1. The molecule has 2 rings (SSSR count). The average molecular weight is 303 g/mol. The molecule has 1 heterocycles. The number of nitrogens with one attached hydrogen (secondary N) is 1. The quantitative estimate of drug-likeness (QED) is 0.646. The first-order valence-corrected chi connectivity index (χ1v) is 6.42. The fourth-order valence-electron chi connectivity index (χ4n) is 2.30. The van der Waals surface area contributed by atoms with E-state index in [0.717, 1.165) is 6.07 Å². The lowest BCUT2D eigenvalue weighted by molar-refractivity contribution is -0.137. The van der Waals surface area contributed by atoms with Gasteiger partial charge in [-0.2, -0.15) is 13.2 Å². The minimum atomic E-state index is -4.59. The average Bonchev–Trinajstić information content (AvgIpc) is 2.44. The number of nitrogens with two attached hydrogens (primary N) is 1. The van der Waals surface area contributed by atoms with E-state index >= 15 is 0 Å². The molecule has 1 aliphatic rings. The smallest absolute Gasteiger partial charge is 0.375 e. The topological polar surface area (TPSA) is 67.6 Å². The van der Waals surface area contributed by atoms with Crippen LogP contribution in [0.3, 0.4) is 0 Å². The van der Waals surface area contributed by atoms with E-state index in [1.54, 1.807) is 6.92 Å². The van der Waals surface area contributed by atoms with Gasteiger partial charge in [-0.3, -0.25) is 10.6 Å². The number of hydrogen-bond acceptors (Lipinski definition) is 4. The molecule has 0 bridgehead atoms. The van der Waals surface area contributed by atoms with Gasteiger partial charge >= 0.3 is 6.18 Å². The fourth-order valence-corrected chi connectivity index (χ4v) is 2.30. The molecule has 5 nitrogen and oxygen atoms in total. The Balaban J connectivity index is 2.37. The van der Waals surface area contributed by atoms with Crippen molar-refractivity contribution in [3.63, 3.8) is 0 Å². The number of carbonyl (C=O) groups excluding carboxylic acids is 1. The summed E-state index contributed by atoms with van der Waals surface area (Å²) in [5.74, 6) is 4.70. The van der Waals surface area contributed by atoms with Crippen LogP contribution in [-0.4, -0.2) is 36.6 Å². The lowest BCUT2D eigenvalue weighted by Crippen LogP contribution is -2.44. The van der Waals surface area contributed by atoms with Crippen molar-refractivity contribution >= 4 is 11.6 Å². The molecule has 0 aliphatic carbocycles. The number of morpholine rings is 1. The van der Waals surface area contributed by atoms with Gasteiger partial charge in [-0.15, -0.1) is 0 Å². The SMILES string of the molecule is CC1CN(C(=O)c2cccc(C(F)(F)F)c2NN)CCO1. The summed E-state index contributed by atoms with van der Waals surface area (Å²) in [6, 6.07) is 3.40. The van der Waals surface area contributed by atoms with E-state index in [0.29, 0.717) is 19.7 Å². The number of amides is 1. The zero-order valence-electron chi connectivity index (χ0n) is 11.4. The zero-order valence-corrected chi connectivity index (χ0v) is 11.4. The summed E-state index contributed by atoms with van der Waals surface area (Å²) in [5, 5.41) is 0. The van der Waals surface area contributed by atoms with Crippen molar-refractivity contribution in [1.29, 1.82) is 0 Å². The van der Waals surface area contributed by atoms with Crippen molar-refractivity contribution < 1.29 is 22.7 Å².